The summed E-state index contributed by atoms with van der Waals surface area (Å²) in [5.41, 5.74) is -0.189. The first kappa shape index (κ1) is 16.9. The van der Waals surface area contributed by atoms with Gasteiger partial charge in [-0.15, -0.1) is 0 Å². The van der Waals surface area contributed by atoms with Crippen molar-refractivity contribution in [1.82, 2.24) is 10.2 Å². The van der Waals surface area contributed by atoms with Gasteiger partial charge in [-0.3, -0.25) is 0 Å². The third-order valence-corrected chi connectivity index (χ3v) is 4.18. The minimum absolute atomic E-state index is 0.409. The fourth-order valence-corrected chi connectivity index (χ4v) is 3.55. The number of hydrogen-bond acceptors (Lipinski definition) is 3. The van der Waals surface area contributed by atoms with Crippen LogP contribution < -0.4 is 5.32 Å². The quantitative estimate of drug-likeness (QED) is 0.698. The molecule has 0 amide bonds. The summed E-state index contributed by atoms with van der Waals surface area (Å²) < 4.78 is 0. The lowest BCUT2D eigenvalue weighted by molar-refractivity contribution is 0.0272. The maximum absolute atomic E-state index is 9.98. The molecule has 114 valence electrons. The minimum atomic E-state index is -0.598. The Morgan fingerprint density at radius 2 is 1.74 bits per heavy atom. The molecule has 1 fully saturated rings. The van der Waals surface area contributed by atoms with E-state index in [1.54, 1.807) is 0 Å². The Morgan fingerprint density at radius 3 is 2.21 bits per heavy atom. The zero-order valence-electron chi connectivity index (χ0n) is 13.5. The summed E-state index contributed by atoms with van der Waals surface area (Å²) >= 11 is 0. The van der Waals surface area contributed by atoms with Gasteiger partial charge in [0.25, 0.3) is 0 Å². The fourth-order valence-electron chi connectivity index (χ4n) is 3.55. The zero-order valence-corrected chi connectivity index (χ0v) is 13.5. The Morgan fingerprint density at radius 1 is 1.16 bits per heavy atom. The van der Waals surface area contributed by atoms with Gasteiger partial charge in [-0.2, -0.15) is 0 Å². The van der Waals surface area contributed by atoms with Gasteiger partial charge in [0.2, 0.25) is 0 Å². The molecule has 3 heteroatoms. The normalized spacial score (nSPS) is 20.5. The highest BCUT2D eigenvalue weighted by Gasteiger charge is 2.32. The highest BCUT2D eigenvalue weighted by molar-refractivity contribution is 4.87. The van der Waals surface area contributed by atoms with Gasteiger partial charge >= 0.3 is 0 Å². The molecule has 1 saturated carbocycles. The Balaban J connectivity index is 2.61. The fraction of sp³-hybridized carbons (Fsp3) is 1.00. The van der Waals surface area contributed by atoms with Gasteiger partial charge in [0.05, 0.1) is 5.60 Å². The van der Waals surface area contributed by atoms with Crippen molar-refractivity contribution < 1.29 is 5.11 Å². The van der Waals surface area contributed by atoms with Crippen LogP contribution in [0.2, 0.25) is 0 Å². The van der Waals surface area contributed by atoms with Crippen molar-refractivity contribution in [3.8, 4) is 0 Å². The number of hydrogen-bond donors (Lipinski definition) is 2. The Bertz CT molecular complexity index is 240. The molecule has 0 atom stereocenters. The summed E-state index contributed by atoms with van der Waals surface area (Å²) in [6, 6.07) is 0. The van der Waals surface area contributed by atoms with Crippen LogP contribution in [0.4, 0.5) is 0 Å². The van der Waals surface area contributed by atoms with Gasteiger partial charge in [-0.05, 0) is 45.7 Å². The van der Waals surface area contributed by atoms with E-state index >= 15 is 0 Å². The van der Waals surface area contributed by atoms with Crippen molar-refractivity contribution in [2.24, 2.45) is 5.41 Å². The molecule has 1 aliphatic carbocycles. The van der Waals surface area contributed by atoms with Crippen LogP contribution in [0.3, 0.4) is 0 Å². The van der Waals surface area contributed by atoms with E-state index in [0.717, 1.165) is 26.2 Å². The molecular formula is C16H34N2O. The third kappa shape index (κ3) is 6.73. The summed E-state index contributed by atoms with van der Waals surface area (Å²) in [5, 5.41) is 13.5. The first-order valence-electron chi connectivity index (χ1n) is 7.99. The molecule has 0 heterocycles. The molecule has 0 aromatic heterocycles. The number of aliphatic hydroxyl groups is 1. The van der Waals surface area contributed by atoms with Crippen LogP contribution in [0, 0.1) is 5.41 Å². The van der Waals surface area contributed by atoms with Crippen molar-refractivity contribution in [2.45, 2.75) is 64.9 Å². The van der Waals surface area contributed by atoms with Crippen molar-refractivity contribution in [1.29, 1.82) is 0 Å². The molecule has 0 aromatic rings. The molecule has 0 aliphatic heterocycles. The first-order chi connectivity index (χ1) is 8.87. The monoisotopic (exact) mass is 270 g/mol. The maximum atomic E-state index is 9.98. The Hall–Kier alpha value is -0.120. The van der Waals surface area contributed by atoms with Crippen LogP contribution in [0.15, 0.2) is 0 Å². The van der Waals surface area contributed by atoms with Gasteiger partial charge in [0.1, 0.15) is 0 Å². The number of nitrogens with zero attached hydrogens (tertiary/aromatic N) is 1. The lowest BCUT2D eigenvalue weighted by atomic mass is 9.79. The largest absolute Gasteiger partial charge is 0.389 e. The highest BCUT2D eigenvalue weighted by atomic mass is 16.3. The molecular weight excluding hydrogens is 236 g/mol. The SMILES string of the molecule is CCNCC1(CN(C)CC(C)(C)O)CCCCCC1. The smallest absolute Gasteiger partial charge is 0.0718 e. The van der Waals surface area contributed by atoms with E-state index in [-0.39, 0.29) is 0 Å². The van der Waals surface area contributed by atoms with Crippen LogP contribution >= 0.6 is 0 Å². The first-order valence-corrected chi connectivity index (χ1v) is 7.99. The minimum Gasteiger partial charge on any atom is -0.389 e. The summed E-state index contributed by atoms with van der Waals surface area (Å²) in [5.74, 6) is 0. The third-order valence-electron chi connectivity index (χ3n) is 4.18. The molecule has 19 heavy (non-hydrogen) atoms. The van der Waals surface area contributed by atoms with Gasteiger partial charge in [-0.1, -0.05) is 32.6 Å². The van der Waals surface area contributed by atoms with Crippen LogP contribution in [-0.4, -0.2) is 48.8 Å². The van der Waals surface area contributed by atoms with Gasteiger partial charge in [-0.25, -0.2) is 0 Å². The molecule has 0 unspecified atom stereocenters. The molecule has 0 saturated heterocycles. The highest BCUT2D eigenvalue weighted by Crippen LogP contribution is 2.35. The van der Waals surface area contributed by atoms with Crippen LogP contribution in [0.5, 0.6) is 0 Å². The van der Waals surface area contributed by atoms with Crippen molar-refractivity contribution in [3.05, 3.63) is 0 Å². The second-order valence-electron chi connectivity index (χ2n) is 7.18. The number of nitrogens with one attached hydrogen (secondary N) is 1. The molecule has 0 radical (unpaired) electrons. The molecule has 3 nitrogen and oxygen atoms in total. The second-order valence-corrected chi connectivity index (χ2v) is 7.18. The van der Waals surface area contributed by atoms with E-state index in [2.05, 4.69) is 24.2 Å². The molecule has 0 spiro atoms. The summed E-state index contributed by atoms with van der Waals surface area (Å²) in [6.07, 6.45) is 8.17. The predicted octanol–water partition coefficient (Wildman–Crippen LogP) is 2.64. The molecule has 0 aromatic carbocycles. The van der Waals surface area contributed by atoms with Crippen LogP contribution in [0.1, 0.15) is 59.3 Å². The Labute approximate surface area is 119 Å². The van der Waals surface area contributed by atoms with E-state index in [9.17, 15) is 5.11 Å². The zero-order chi connectivity index (χ0) is 14.4. The van der Waals surface area contributed by atoms with E-state index in [1.807, 2.05) is 13.8 Å². The van der Waals surface area contributed by atoms with E-state index in [1.165, 1.54) is 38.5 Å². The average Bonchev–Trinajstić information content (AvgIpc) is 2.50. The maximum Gasteiger partial charge on any atom is 0.0718 e. The molecule has 0 bridgehead atoms. The molecule has 2 N–H and O–H groups in total. The lowest BCUT2D eigenvalue weighted by Gasteiger charge is -2.38. The van der Waals surface area contributed by atoms with E-state index in [4.69, 9.17) is 0 Å². The van der Waals surface area contributed by atoms with E-state index < -0.39 is 5.60 Å². The second kappa shape index (κ2) is 7.61. The summed E-state index contributed by atoms with van der Waals surface area (Å²) in [7, 11) is 2.15. The van der Waals surface area contributed by atoms with Crippen molar-refractivity contribution >= 4 is 0 Å². The van der Waals surface area contributed by atoms with E-state index in [0.29, 0.717) is 5.41 Å². The Kier molecular flexibility index (Phi) is 6.78. The van der Waals surface area contributed by atoms with Crippen molar-refractivity contribution in [3.63, 3.8) is 0 Å². The lowest BCUT2D eigenvalue weighted by Crippen LogP contribution is -2.46. The van der Waals surface area contributed by atoms with Gasteiger partial charge in [0.15, 0.2) is 0 Å². The van der Waals surface area contributed by atoms with Gasteiger partial charge < -0.3 is 15.3 Å². The predicted molar refractivity (Wildman–Crippen MR) is 82.5 cm³/mol. The number of likely N-dealkylation sites (N-methyl/N-ethyl adjacent to an activating group) is 1. The van der Waals surface area contributed by atoms with Crippen molar-refractivity contribution in [2.75, 3.05) is 33.2 Å². The summed E-state index contributed by atoms with van der Waals surface area (Å²) in [6.45, 7) is 10.0. The number of rotatable bonds is 7. The van der Waals surface area contributed by atoms with Crippen LogP contribution in [-0.2, 0) is 0 Å². The molecule has 1 aliphatic rings. The average molecular weight is 270 g/mol. The molecule has 1 rings (SSSR count). The topological polar surface area (TPSA) is 35.5 Å². The standard InChI is InChI=1S/C16H34N2O/c1-5-17-12-16(10-8-6-7-9-11-16)14-18(4)13-15(2,3)19/h17,19H,5-14H2,1-4H3. The van der Waals surface area contributed by atoms with Gasteiger partial charge in [0, 0.05) is 19.6 Å². The van der Waals surface area contributed by atoms with Crippen LogP contribution in [0.25, 0.3) is 0 Å². The summed E-state index contributed by atoms with van der Waals surface area (Å²) in [4.78, 5) is 2.32.